The van der Waals surface area contributed by atoms with Gasteiger partial charge in [0.1, 0.15) is 0 Å². The molecule has 20 heavy (non-hydrogen) atoms. The second-order valence-electron chi connectivity index (χ2n) is 5.69. The number of likely N-dealkylation sites (tertiary alicyclic amines) is 1. The first-order valence-corrected chi connectivity index (χ1v) is 8.05. The highest BCUT2D eigenvalue weighted by atomic mass is 79.9. The Labute approximate surface area is 129 Å². The van der Waals surface area contributed by atoms with Crippen LogP contribution in [0.1, 0.15) is 30.4 Å². The summed E-state index contributed by atoms with van der Waals surface area (Å²) in [6, 6.07) is 6.54. The van der Waals surface area contributed by atoms with Crippen molar-refractivity contribution in [3.05, 3.63) is 33.8 Å². The first-order chi connectivity index (χ1) is 9.58. The topological polar surface area (TPSA) is 32.3 Å². The average molecular weight is 339 g/mol. The highest BCUT2D eigenvalue weighted by molar-refractivity contribution is 9.10. The Morgan fingerprint density at radius 3 is 2.70 bits per heavy atom. The minimum atomic E-state index is 0.171. The van der Waals surface area contributed by atoms with Crippen LogP contribution in [-0.2, 0) is 11.3 Å². The number of nitrogens with zero attached hydrogens (tertiary/aromatic N) is 1. The van der Waals surface area contributed by atoms with Gasteiger partial charge in [-0.3, -0.25) is 9.69 Å². The number of nitrogens with one attached hydrogen (secondary N) is 1. The number of hydrogen-bond donors (Lipinski definition) is 1. The Morgan fingerprint density at radius 2 is 2.10 bits per heavy atom. The van der Waals surface area contributed by atoms with E-state index in [0.29, 0.717) is 12.3 Å². The minimum absolute atomic E-state index is 0.171. The molecule has 1 saturated heterocycles. The number of carbonyl (C=O) groups excluding carboxylic acids is 1. The molecule has 0 bridgehead atoms. The lowest BCUT2D eigenvalue weighted by atomic mass is 9.93. The van der Waals surface area contributed by atoms with E-state index in [9.17, 15) is 4.79 Å². The van der Waals surface area contributed by atoms with Crippen molar-refractivity contribution in [3.8, 4) is 0 Å². The SMILES string of the molecule is CNC(=O)CC1CCN(Cc2ccc(C)cc2Br)CC1. The third-order valence-corrected chi connectivity index (χ3v) is 4.80. The van der Waals surface area contributed by atoms with E-state index in [0.717, 1.165) is 32.5 Å². The van der Waals surface area contributed by atoms with Crippen molar-refractivity contribution in [1.82, 2.24) is 10.2 Å². The molecule has 0 saturated carbocycles. The number of carbonyl (C=O) groups is 1. The third-order valence-electron chi connectivity index (χ3n) is 4.06. The predicted molar refractivity (Wildman–Crippen MR) is 85.6 cm³/mol. The maximum atomic E-state index is 11.4. The van der Waals surface area contributed by atoms with Crippen molar-refractivity contribution in [3.63, 3.8) is 0 Å². The highest BCUT2D eigenvalue weighted by Crippen LogP contribution is 2.24. The molecule has 4 heteroatoms. The summed E-state index contributed by atoms with van der Waals surface area (Å²) in [6.07, 6.45) is 2.92. The summed E-state index contributed by atoms with van der Waals surface area (Å²) in [5.41, 5.74) is 2.63. The van der Waals surface area contributed by atoms with Gasteiger partial charge < -0.3 is 5.32 Å². The zero-order valence-corrected chi connectivity index (χ0v) is 13.9. The Kier molecular flexibility index (Phi) is 5.61. The van der Waals surface area contributed by atoms with Crippen LogP contribution in [0, 0.1) is 12.8 Å². The maximum Gasteiger partial charge on any atom is 0.220 e. The van der Waals surface area contributed by atoms with E-state index in [1.165, 1.54) is 15.6 Å². The molecule has 2 rings (SSSR count). The first kappa shape index (κ1) is 15.5. The predicted octanol–water partition coefficient (Wildman–Crippen LogP) is 3.11. The second-order valence-corrected chi connectivity index (χ2v) is 6.55. The third kappa shape index (κ3) is 4.32. The summed E-state index contributed by atoms with van der Waals surface area (Å²) in [5, 5.41) is 2.72. The molecule has 0 radical (unpaired) electrons. The van der Waals surface area contributed by atoms with Crippen LogP contribution in [0.25, 0.3) is 0 Å². The van der Waals surface area contributed by atoms with E-state index < -0.39 is 0 Å². The zero-order chi connectivity index (χ0) is 14.5. The molecule has 1 fully saturated rings. The van der Waals surface area contributed by atoms with Crippen LogP contribution in [0.3, 0.4) is 0 Å². The van der Waals surface area contributed by atoms with Gasteiger partial charge in [-0.05, 0) is 56.0 Å². The number of aryl methyl sites for hydroxylation is 1. The van der Waals surface area contributed by atoms with Crippen molar-refractivity contribution in [1.29, 1.82) is 0 Å². The van der Waals surface area contributed by atoms with Crippen LogP contribution in [0.4, 0.5) is 0 Å². The molecule has 1 aromatic carbocycles. The van der Waals surface area contributed by atoms with Gasteiger partial charge in [-0.2, -0.15) is 0 Å². The standard InChI is InChI=1S/C16H23BrN2O/c1-12-3-4-14(15(17)9-12)11-19-7-5-13(6-8-19)10-16(20)18-2/h3-4,9,13H,5-8,10-11H2,1-2H3,(H,18,20). The van der Waals surface area contributed by atoms with Crippen molar-refractivity contribution in [2.24, 2.45) is 5.92 Å². The van der Waals surface area contributed by atoms with Crippen LogP contribution in [-0.4, -0.2) is 30.9 Å². The first-order valence-electron chi connectivity index (χ1n) is 7.26. The van der Waals surface area contributed by atoms with E-state index in [1.807, 2.05) is 0 Å². The molecule has 0 aromatic heterocycles. The molecule has 1 aliphatic heterocycles. The van der Waals surface area contributed by atoms with E-state index in [-0.39, 0.29) is 5.91 Å². The van der Waals surface area contributed by atoms with Gasteiger partial charge in [0, 0.05) is 24.5 Å². The molecule has 1 aliphatic rings. The molecule has 0 spiro atoms. The van der Waals surface area contributed by atoms with E-state index in [4.69, 9.17) is 0 Å². The fraction of sp³-hybridized carbons (Fsp3) is 0.562. The van der Waals surface area contributed by atoms with Gasteiger partial charge in [-0.25, -0.2) is 0 Å². The molecule has 1 amide bonds. The van der Waals surface area contributed by atoms with Gasteiger partial charge in [-0.15, -0.1) is 0 Å². The van der Waals surface area contributed by atoms with Gasteiger partial charge >= 0.3 is 0 Å². The lowest BCUT2D eigenvalue weighted by Crippen LogP contribution is -2.35. The fourth-order valence-corrected chi connectivity index (χ4v) is 3.35. The maximum absolute atomic E-state index is 11.4. The van der Waals surface area contributed by atoms with Crippen LogP contribution < -0.4 is 5.32 Å². The van der Waals surface area contributed by atoms with Gasteiger partial charge in [0.15, 0.2) is 0 Å². The van der Waals surface area contributed by atoms with E-state index >= 15 is 0 Å². The lowest BCUT2D eigenvalue weighted by Gasteiger charge is -2.31. The zero-order valence-electron chi connectivity index (χ0n) is 12.3. The number of benzene rings is 1. The van der Waals surface area contributed by atoms with E-state index in [2.05, 4.69) is 51.3 Å². The fourth-order valence-electron chi connectivity index (χ4n) is 2.73. The van der Waals surface area contributed by atoms with Crippen molar-refractivity contribution in [2.75, 3.05) is 20.1 Å². The molecule has 1 N–H and O–H groups in total. The molecule has 0 unspecified atom stereocenters. The smallest absolute Gasteiger partial charge is 0.220 e. The number of rotatable bonds is 4. The van der Waals surface area contributed by atoms with Gasteiger partial charge in [0.2, 0.25) is 5.91 Å². The summed E-state index contributed by atoms with van der Waals surface area (Å²) in [7, 11) is 1.71. The summed E-state index contributed by atoms with van der Waals surface area (Å²) in [4.78, 5) is 13.9. The quantitative estimate of drug-likeness (QED) is 0.914. The Balaban J connectivity index is 1.83. The van der Waals surface area contributed by atoms with E-state index in [1.54, 1.807) is 7.05 Å². The monoisotopic (exact) mass is 338 g/mol. The minimum Gasteiger partial charge on any atom is -0.359 e. The molecular formula is C16H23BrN2O. The van der Waals surface area contributed by atoms with Gasteiger partial charge in [0.05, 0.1) is 0 Å². The van der Waals surface area contributed by atoms with Crippen LogP contribution in [0.15, 0.2) is 22.7 Å². The number of hydrogen-bond acceptors (Lipinski definition) is 2. The lowest BCUT2D eigenvalue weighted by molar-refractivity contribution is -0.121. The highest BCUT2D eigenvalue weighted by Gasteiger charge is 2.21. The second kappa shape index (κ2) is 7.23. The van der Waals surface area contributed by atoms with Crippen LogP contribution in [0.5, 0.6) is 0 Å². The Hall–Kier alpha value is -0.870. The van der Waals surface area contributed by atoms with Gasteiger partial charge in [-0.1, -0.05) is 28.1 Å². The van der Waals surface area contributed by atoms with Crippen LogP contribution >= 0.6 is 15.9 Å². The average Bonchev–Trinajstić information content (AvgIpc) is 2.44. The van der Waals surface area contributed by atoms with Crippen molar-refractivity contribution in [2.45, 2.75) is 32.7 Å². The van der Waals surface area contributed by atoms with Crippen molar-refractivity contribution >= 4 is 21.8 Å². The Morgan fingerprint density at radius 1 is 1.40 bits per heavy atom. The molecule has 0 atom stereocenters. The summed E-state index contributed by atoms with van der Waals surface area (Å²) in [6.45, 7) is 5.27. The molecule has 1 heterocycles. The number of piperidine rings is 1. The van der Waals surface area contributed by atoms with Crippen molar-refractivity contribution < 1.29 is 4.79 Å². The molecule has 1 aromatic rings. The summed E-state index contributed by atoms with van der Waals surface area (Å²) >= 11 is 3.65. The number of amides is 1. The molecule has 110 valence electrons. The normalized spacial score (nSPS) is 17.1. The summed E-state index contributed by atoms with van der Waals surface area (Å²) in [5.74, 6) is 0.720. The largest absolute Gasteiger partial charge is 0.359 e. The summed E-state index contributed by atoms with van der Waals surface area (Å²) < 4.78 is 1.20. The number of halogens is 1. The Bertz CT molecular complexity index is 468. The molecule has 3 nitrogen and oxygen atoms in total. The van der Waals surface area contributed by atoms with Gasteiger partial charge in [0.25, 0.3) is 0 Å². The molecule has 0 aliphatic carbocycles. The molecular weight excluding hydrogens is 316 g/mol. The van der Waals surface area contributed by atoms with Crippen LogP contribution in [0.2, 0.25) is 0 Å².